The summed E-state index contributed by atoms with van der Waals surface area (Å²) in [5.41, 5.74) is 1.30. The van der Waals surface area contributed by atoms with Gasteiger partial charge in [-0.3, -0.25) is 0 Å². The van der Waals surface area contributed by atoms with Crippen LogP contribution < -0.4 is 0 Å². The molecule has 2 heterocycles. The van der Waals surface area contributed by atoms with Gasteiger partial charge < -0.3 is 4.74 Å². The van der Waals surface area contributed by atoms with E-state index in [0.717, 1.165) is 0 Å². The van der Waals surface area contributed by atoms with Crippen LogP contribution in [0.25, 0.3) is 11.5 Å². The van der Waals surface area contributed by atoms with E-state index in [9.17, 15) is 0 Å². The smallest absolute Gasteiger partial charge is 0.180 e. The van der Waals surface area contributed by atoms with Gasteiger partial charge in [-0.2, -0.15) is 0 Å². The van der Waals surface area contributed by atoms with Gasteiger partial charge in [0.2, 0.25) is 0 Å². The Labute approximate surface area is 111 Å². The molecule has 88 valence electrons. The lowest BCUT2D eigenvalue weighted by Crippen LogP contribution is -2.01. The zero-order chi connectivity index (χ0) is 12.3. The minimum absolute atomic E-state index is 0.334. The van der Waals surface area contributed by atoms with Crippen LogP contribution in [0.4, 0.5) is 0 Å². The van der Waals surface area contributed by atoms with E-state index in [1.54, 1.807) is 19.4 Å². The third kappa shape index (κ3) is 2.77. The van der Waals surface area contributed by atoms with Crippen molar-refractivity contribution in [2.24, 2.45) is 0 Å². The van der Waals surface area contributed by atoms with Crippen molar-refractivity contribution in [2.45, 2.75) is 6.61 Å². The van der Waals surface area contributed by atoms with Gasteiger partial charge in [0.25, 0.3) is 0 Å². The third-order valence-electron chi connectivity index (χ3n) is 1.97. The van der Waals surface area contributed by atoms with Crippen LogP contribution in [-0.2, 0) is 11.3 Å². The highest BCUT2D eigenvalue weighted by Crippen LogP contribution is 2.26. The third-order valence-corrected chi connectivity index (χ3v) is 3.31. The lowest BCUT2D eigenvalue weighted by molar-refractivity contribution is 0.181. The molecular weight excluding hydrogens is 307 g/mol. The van der Waals surface area contributed by atoms with Crippen LogP contribution in [0.1, 0.15) is 5.69 Å². The van der Waals surface area contributed by atoms with Crippen LogP contribution in [0.3, 0.4) is 0 Å². The van der Waals surface area contributed by atoms with Crippen LogP contribution >= 0.6 is 27.5 Å². The van der Waals surface area contributed by atoms with Crippen molar-refractivity contribution in [2.75, 3.05) is 7.11 Å². The van der Waals surface area contributed by atoms with E-state index >= 15 is 0 Å². The molecule has 2 aromatic rings. The Hall–Kier alpha value is -1.11. The van der Waals surface area contributed by atoms with Gasteiger partial charge in [0.1, 0.15) is 17.2 Å². The van der Waals surface area contributed by atoms with Gasteiger partial charge in [-0.05, 0) is 22.0 Å². The Bertz CT molecular complexity index is 523. The largest absolute Gasteiger partial charge is 0.378 e. The molecule has 17 heavy (non-hydrogen) atoms. The summed E-state index contributed by atoms with van der Waals surface area (Å²) in [4.78, 5) is 16.4. The average Bonchev–Trinajstić information content (AvgIpc) is 2.36. The van der Waals surface area contributed by atoms with E-state index in [2.05, 4.69) is 35.9 Å². The molecule has 0 amide bonds. The Kier molecular flexibility index (Phi) is 3.98. The van der Waals surface area contributed by atoms with Gasteiger partial charge in [0.15, 0.2) is 5.82 Å². The lowest BCUT2D eigenvalue weighted by Gasteiger charge is -2.06. The quantitative estimate of drug-likeness (QED) is 0.814. The molecule has 0 aliphatic carbocycles. The summed E-state index contributed by atoms with van der Waals surface area (Å²) in [6.07, 6.45) is 3.06. The second-order valence-electron chi connectivity index (χ2n) is 3.13. The molecular formula is C10H8BrClN4O. The van der Waals surface area contributed by atoms with Gasteiger partial charge in [-0.1, -0.05) is 11.6 Å². The molecule has 0 N–H and O–H groups in total. The average molecular weight is 316 g/mol. The summed E-state index contributed by atoms with van der Waals surface area (Å²) in [5, 5.41) is 0.334. The summed E-state index contributed by atoms with van der Waals surface area (Å²) in [6.45, 7) is 0.348. The molecule has 0 fully saturated rings. The molecule has 0 atom stereocenters. The van der Waals surface area contributed by atoms with E-state index in [1.165, 1.54) is 6.33 Å². The zero-order valence-corrected chi connectivity index (χ0v) is 11.2. The minimum Gasteiger partial charge on any atom is -0.378 e. The van der Waals surface area contributed by atoms with Crippen LogP contribution in [0, 0.1) is 0 Å². The molecule has 5 nitrogen and oxygen atoms in total. The Balaban J connectivity index is 2.49. The molecule has 0 aliphatic rings. The van der Waals surface area contributed by atoms with Crippen LogP contribution in [0.5, 0.6) is 0 Å². The summed E-state index contributed by atoms with van der Waals surface area (Å²) >= 11 is 9.33. The number of halogens is 2. The lowest BCUT2D eigenvalue weighted by atomic mass is 10.3. The van der Waals surface area contributed by atoms with Gasteiger partial charge in [0.05, 0.1) is 16.8 Å². The van der Waals surface area contributed by atoms with E-state index in [-0.39, 0.29) is 0 Å². The number of hydrogen-bond donors (Lipinski definition) is 0. The van der Waals surface area contributed by atoms with Gasteiger partial charge in [-0.15, -0.1) is 0 Å². The number of nitrogens with zero attached hydrogens (tertiary/aromatic N) is 4. The Morgan fingerprint density at radius 2 is 2.24 bits per heavy atom. The van der Waals surface area contributed by atoms with Crippen molar-refractivity contribution in [1.82, 2.24) is 19.9 Å². The number of rotatable bonds is 3. The summed E-state index contributed by atoms with van der Waals surface area (Å²) in [7, 11) is 1.59. The highest BCUT2D eigenvalue weighted by Gasteiger charge is 2.12. The number of aromatic nitrogens is 4. The van der Waals surface area contributed by atoms with E-state index in [0.29, 0.717) is 33.4 Å². The molecule has 0 radical (unpaired) electrons. The second kappa shape index (κ2) is 5.48. The number of ether oxygens (including phenoxy) is 1. The number of hydrogen-bond acceptors (Lipinski definition) is 5. The SMILES string of the molecule is COCc1nc(-c2ccncn2)nc(Cl)c1Br. The first-order chi connectivity index (χ1) is 8.22. The zero-order valence-electron chi connectivity index (χ0n) is 8.89. The molecule has 2 aromatic heterocycles. The highest BCUT2D eigenvalue weighted by molar-refractivity contribution is 9.10. The Morgan fingerprint density at radius 1 is 1.41 bits per heavy atom. The van der Waals surface area contributed by atoms with Crippen molar-refractivity contribution in [1.29, 1.82) is 0 Å². The van der Waals surface area contributed by atoms with Crippen LogP contribution in [-0.4, -0.2) is 27.0 Å². The summed E-state index contributed by atoms with van der Waals surface area (Å²) in [5.74, 6) is 0.452. The van der Waals surface area contributed by atoms with Crippen LogP contribution in [0.15, 0.2) is 23.1 Å². The fraction of sp³-hybridized carbons (Fsp3) is 0.200. The standard InChI is InChI=1S/C10H8BrClN4O/c1-17-4-7-8(11)9(12)16-10(15-7)6-2-3-13-5-14-6/h2-3,5H,4H2,1H3. The monoisotopic (exact) mass is 314 g/mol. The topological polar surface area (TPSA) is 60.8 Å². The molecule has 0 spiro atoms. The van der Waals surface area contributed by atoms with Crippen molar-refractivity contribution in [3.05, 3.63) is 33.9 Å². The van der Waals surface area contributed by atoms with Gasteiger partial charge in [-0.25, -0.2) is 19.9 Å². The van der Waals surface area contributed by atoms with Crippen molar-refractivity contribution in [3.8, 4) is 11.5 Å². The second-order valence-corrected chi connectivity index (χ2v) is 4.28. The van der Waals surface area contributed by atoms with Crippen molar-refractivity contribution >= 4 is 27.5 Å². The minimum atomic E-state index is 0.334. The predicted molar refractivity (Wildman–Crippen MR) is 66.5 cm³/mol. The molecule has 7 heteroatoms. The molecule has 0 saturated carbocycles. The van der Waals surface area contributed by atoms with Crippen LogP contribution in [0.2, 0.25) is 5.15 Å². The molecule has 0 bridgehead atoms. The maximum Gasteiger partial charge on any atom is 0.180 e. The predicted octanol–water partition coefficient (Wildman–Crippen LogP) is 2.50. The molecule has 0 aliphatic heterocycles. The van der Waals surface area contributed by atoms with Gasteiger partial charge in [0, 0.05) is 13.3 Å². The van der Waals surface area contributed by atoms with E-state index < -0.39 is 0 Å². The first kappa shape index (κ1) is 12.3. The highest BCUT2D eigenvalue weighted by atomic mass is 79.9. The van der Waals surface area contributed by atoms with Crippen molar-refractivity contribution < 1.29 is 4.74 Å². The molecule has 0 aromatic carbocycles. The number of methoxy groups -OCH3 is 1. The van der Waals surface area contributed by atoms with E-state index in [4.69, 9.17) is 16.3 Å². The molecule has 0 unspecified atom stereocenters. The maximum atomic E-state index is 6.01. The van der Waals surface area contributed by atoms with Crippen molar-refractivity contribution in [3.63, 3.8) is 0 Å². The first-order valence-electron chi connectivity index (χ1n) is 4.69. The fourth-order valence-electron chi connectivity index (χ4n) is 1.23. The normalized spacial score (nSPS) is 10.5. The Morgan fingerprint density at radius 3 is 2.88 bits per heavy atom. The van der Waals surface area contributed by atoms with Gasteiger partial charge >= 0.3 is 0 Å². The first-order valence-corrected chi connectivity index (χ1v) is 5.86. The molecule has 2 rings (SSSR count). The summed E-state index contributed by atoms with van der Waals surface area (Å²) in [6, 6.07) is 1.72. The molecule has 0 saturated heterocycles. The summed E-state index contributed by atoms with van der Waals surface area (Å²) < 4.78 is 5.68. The fourth-order valence-corrected chi connectivity index (χ4v) is 1.71. The van der Waals surface area contributed by atoms with E-state index in [1.807, 2.05) is 0 Å². The maximum absolute atomic E-state index is 6.01.